The van der Waals surface area contributed by atoms with Crippen LogP contribution in [0, 0.1) is 0 Å². The van der Waals surface area contributed by atoms with Crippen molar-refractivity contribution in [3.63, 3.8) is 0 Å². The largest absolute Gasteiger partial charge is 0.384 e. The van der Waals surface area contributed by atoms with Crippen LogP contribution in [0.2, 0.25) is 0 Å². The van der Waals surface area contributed by atoms with Crippen molar-refractivity contribution in [3.8, 4) is 0 Å². The average Bonchev–Trinajstić information content (AvgIpc) is 2.49. The van der Waals surface area contributed by atoms with Crippen LogP contribution in [0.15, 0.2) is 65.1 Å². The molecular formula is C18H21N3O. The van der Waals surface area contributed by atoms with E-state index in [2.05, 4.69) is 29.0 Å². The summed E-state index contributed by atoms with van der Waals surface area (Å²) in [5.74, 6) is 0.0779. The number of nitrogens with zero attached hydrogens (tertiary/aromatic N) is 1. The molecule has 0 bridgehead atoms. The van der Waals surface area contributed by atoms with Gasteiger partial charge in [0.15, 0.2) is 5.78 Å². The van der Waals surface area contributed by atoms with Gasteiger partial charge in [0.2, 0.25) is 0 Å². The Labute approximate surface area is 131 Å². The number of hydrazone groups is 1. The van der Waals surface area contributed by atoms with Crippen molar-refractivity contribution in [1.82, 2.24) is 10.7 Å². The maximum absolute atomic E-state index is 11.3. The molecule has 4 heteroatoms. The second-order valence-corrected chi connectivity index (χ2v) is 5.37. The van der Waals surface area contributed by atoms with Crippen molar-refractivity contribution in [1.29, 1.82) is 0 Å². The van der Waals surface area contributed by atoms with Gasteiger partial charge in [0, 0.05) is 29.0 Å². The number of Topliss-reactive ketones (excluding diaryl/α,β-unsaturated/α-hetero) is 1. The van der Waals surface area contributed by atoms with E-state index in [9.17, 15) is 4.79 Å². The molecular weight excluding hydrogens is 274 g/mol. The maximum Gasteiger partial charge on any atom is 0.159 e. The highest BCUT2D eigenvalue weighted by Crippen LogP contribution is 2.22. The number of nitrogens with one attached hydrogen (secondary N) is 2. The Kier molecular flexibility index (Phi) is 4.61. The van der Waals surface area contributed by atoms with E-state index >= 15 is 0 Å². The Morgan fingerprint density at radius 2 is 1.86 bits per heavy atom. The molecule has 1 aliphatic heterocycles. The second-order valence-electron chi connectivity index (χ2n) is 5.37. The molecule has 2 rings (SSSR count). The first-order valence-electron chi connectivity index (χ1n) is 7.14. The van der Waals surface area contributed by atoms with E-state index < -0.39 is 0 Å². The zero-order valence-electron chi connectivity index (χ0n) is 13.3. The molecule has 2 N–H and O–H groups in total. The lowest BCUT2D eigenvalue weighted by Crippen LogP contribution is -2.24. The minimum Gasteiger partial charge on any atom is -0.384 e. The van der Waals surface area contributed by atoms with Gasteiger partial charge in [-0.05, 0) is 26.3 Å². The highest BCUT2D eigenvalue weighted by molar-refractivity contribution is 6.04. The predicted molar refractivity (Wildman–Crippen MR) is 90.5 cm³/mol. The fourth-order valence-electron chi connectivity index (χ4n) is 2.32. The van der Waals surface area contributed by atoms with E-state index in [1.807, 2.05) is 38.1 Å². The molecule has 0 saturated heterocycles. The topological polar surface area (TPSA) is 53.5 Å². The number of carbonyl (C=O) groups is 1. The van der Waals surface area contributed by atoms with Crippen molar-refractivity contribution in [3.05, 3.63) is 71.1 Å². The average molecular weight is 295 g/mol. The van der Waals surface area contributed by atoms with Gasteiger partial charge in [-0.1, -0.05) is 37.4 Å². The van der Waals surface area contributed by atoms with E-state index in [4.69, 9.17) is 0 Å². The molecule has 0 aliphatic carbocycles. The summed E-state index contributed by atoms with van der Waals surface area (Å²) in [6.07, 6.45) is 0. The SMILES string of the molecule is C=C1NN=C(C)/C(=C(\C)NCc2ccc(C(C)=O)cc2)C1=C. The van der Waals surface area contributed by atoms with Crippen molar-refractivity contribution < 1.29 is 4.79 Å². The number of rotatable bonds is 4. The van der Waals surface area contributed by atoms with E-state index in [0.717, 1.165) is 33.7 Å². The van der Waals surface area contributed by atoms with Crippen LogP contribution in [0.25, 0.3) is 0 Å². The number of allylic oxidation sites excluding steroid dienone is 2. The molecule has 0 fully saturated rings. The lowest BCUT2D eigenvalue weighted by atomic mass is 9.98. The zero-order chi connectivity index (χ0) is 16.3. The van der Waals surface area contributed by atoms with Crippen LogP contribution in [-0.4, -0.2) is 11.5 Å². The molecule has 1 aliphatic rings. The molecule has 1 aromatic rings. The van der Waals surface area contributed by atoms with Gasteiger partial charge >= 0.3 is 0 Å². The van der Waals surface area contributed by atoms with Crippen LogP contribution in [-0.2, 0) is 6.54 Å². The first-order chi connectivity index (χ1) is 10.4. The third-order valence-electron chi connectivity index (χ3n) is 3.68. The molecule has 4 nitrogen and oxygen atoms in total. The first kappa shape index (κ1) is 15.8. The molecule has 0 saturated carbocycles. The number of hydrogen-bond acceptors (Lipinski definition) is 4. The third-order valence-corrected chi connectivity index (χ3v) is 3.68. The minimum absolute atomic E-state index is 0.0779. The highest BCUT2D eigenvalue weighted by Gasteiger charge is 2.17. The Morgan fingerprint density at radius 3 is 2.45 bits per heavy atom. The van der Waals surface area contributed by atoms with Crippen LogP contribution in [0.1, 0.15) is 36.7 Å². The summed E-state index contributed by atoms with van der Waals surface area (Å²) in [5.41, 5.74) is 9.14. The smallest absolute Gasteiger partial charge is 0.159 e. The van der Waals surface area contributed by atoms with Gasteiger partial charge in [-0.25, -0.2) is 0 Å². The van der Waals surface area contributed by atoms with E-state index in [-0.39, 0.29) is 5.78 Å². The summed E-state index contributed by atoms with van der Waals surface area (Å²) in [6.45, 7) is 14.1. The van der Waals surface area contributed by atoms with Crippen LogP contribution in [0.5, 0.6) is 0 Å². The van der Waals surface area contributed by atoms with Crippen LogP contribution in [0.4, 0.5) is 0 Å². The monoisotopic (exact) mass is 295 g/mol. The van der Waals surface area contributed by atoms with Gasteiger partial charge in [0.25, 0.3) is 0 Å². The second kappa shape index (κ2) is 6.43. The third kappa shape index (κ3) is 3.34. The van der Waals surface area contributed by atoms with Crippen LogP contribution in [0.3, 0.4) is 0 Å². The molecule has 0 amide bonds. The molecule has 0 unspecified atom stereocenters. The predicted octanol–water partition coefficient (Wildman–Crippen LogP) is 3.30. The molecule has 1 aromatic carbocycles. The summed E-state index contributed by atoms with van der Waals surface area (Å²) < 4.78 is 0. The van der Waals surface area contributed by atoms with Crippen molar-refractivity contribution >= 4 is 11.5 Å². The minimum atomic E-state index is 0.0779. The molecule has 0 spiro atoms. The van der Waals surface area contributed by atoms with Gasteiger partial charge in [0.05, 0.1) is 11.4 Å². The summed E-state index contributed by atoms with van der Waals surface area (Å²) in [5, 5.41) is 7.60. The maximum atomic E-state index is 11.3. The summed E-state index contributed by atoms with van der Waals surface area (Å²) in [7, 11) is 0. The first-order valence-corrected chi connectivity index (χ1v) is 7.14. The summed E-state index contributed by atoms with van der Waals surface area (Å²) in [6, 6.07) is 7.61. The fraction of sp³-hybridized carbons (Fsp3) is 0.222. The normalized spacial score (nSPS) is 16.8. The Bertz CT molecular complexity index is 694. The van der Waals surface area contributed by atoms with Gasteiger partial charge in [0.1, 0.15) is 0 Å². The fourth-order valence-corrected chi connectivity index (χ4v) is 2.32. The molecule has 0 radical (unpaired) electrons. The van der Waals surface area contributed by atoms with Gasteiger partial charge in [-0.3, -0.25) is 10.2 Å². The summed E-state index contributed by atoms with van der Waals surface area (Å²) >= 11 is 0. The Hall–Kier alpha value is -2.62. The number of ketones is 1. The number of hydrogen-bond donors (Lipinski definition) is 2. The molecule has 114 valence electrons. The molecule has 1 heterocycles. The van der Waals surface area contributed by atoms with Crippen molar-refractivity contribution in [2.24, 2.45) is 5.10 Å². The van der Waals surface area contributed by atoms with Crippen LogP contribution >= 0.6 is 0 Å². The summed E-state index contributed by atoms with van der Waals surface area (Å²) in [4.78, 5) is 11.3. The van der Waals surface area contributed by atoms with E-state index in [1.54, 1.807) is 6.92 Å². The lowest BCUT2D eigenvalue weighted by Gasteiger charge is -2.22. The molecule has 0 atom stereocenters. The molecule has 0 aromatic heterocycles. The van der Waals surface area contributed by atoms with Gasteiger partial charge < -0.3 is 5.32 Å². The van der Waals surface area contributed by atoms with E-state index in [1.165, 1.54) is 0 Å². The van der Waals surface area contributed by atoms with Gasteiger partial charge in [-0.2, -0.15) is 5.10 Å². The molecule has 22 heavy (non-hydrogen) atoms. The Balaban J connectivity index is 2.13. The zero-order valence-corrected chi connectivity index (χ0v) is 13.3. The standard InChI is InChI=1S/C18H21N3O/c1-11-12(2)20-21-14(4)18(11)13(3)19-10-16-6-8-17(9-7-16)15(5)22/h6-9,19-20H,1-2,10H2,3-5H3/b18-13+. The quantitative estimate of drug-likeness (QED) is 0.838. The van der Waals surface area contributed by atoms with Crippen molar-refractivity contribution in [2.45, 2.75) is 27.3 Å². The van der Waals surface area contributed by atoms with Crippen LogP contribution < -0.4 is 10.7 Å². The van der Waals surface area contributed by atoms with E-state index in [0.29, 0.717) is 12.2 Å². The highest BCUT2D eigenvalue weighted by atomic mass is 16.1. The lowest BCUT2D eigenvalue weighted by molar-refractivity contribution is 0.101. The number of benzene rings is 1. The number of carbonyl (C=O) groups excluding carboxylic acids is 1. The Morgan fingerprint density at radius 1 is 1.23 bits per heavy atom. The van der Waals surface area contributed by atoms with Crippen molar-refractivity contribution in [2.75, 3.05) is 0 Å². The van der Waals surface area contributed by atoms with Gasteiger partial charge in [-0.15, -0.1) is 0 Å².